The van der Waals surface area contributed by atoms with Crippen LogP contribution in [0.25, 0.3) is 0 Å². The van der Waals surface area contributed by atoms with E-state index in [-0.39, 0.29) is 43.0 Å². The molecule has 1 saturated heterocycles. The minimum absolute atomic E-state index is 0.0448. The number of nitrogens with zero attached hydrogens (tertiary/aromatic N) is 2. The van der Waals surface area contributed by atoms with E-state index in [1.165, 1.54) is 10.5 Å². The predicted molar refractivity (Wildman–Crippen MR) is 96.5 cm³/mol. The van der Waals surface area contributed by atoms with Gasteiger partial charge in [0.2, 0.25) is 11.8 Å². The second kappa shape index (κ2) is 6.94. The third-order valence-electron chi connectivity index (χ3n) is 5.26. The number of hydrogen-bond donors (Lipinski definition) is 2. The maximum Gasteiger partial charge on any atom is 0.324 e. The van der Waals surface area contributed by atoms with Gasteiger partial charge in [-0.05, 0) is 37.0 Å². The monoisotopic (exact) mass is 368 g/mol. The van der Waals surface area contributed by atoms with Crippen LogP contribution in [0, 0.1) is 5.92 Å². The summed E-state index contributed by atoms with van der Waals surface area (Å²) < 4.78 is 0. The summed E-state index contributed by atoms with van der Waals surface area (Å²) in [4.78, 5) is 52.7. The Morgan fingerprint density at radius 2 is 2.04 bits per heavy atom. The first-order chi connectivity index (χ1) is 13.0. The number of fused-ring (bicyclic) bond motifs is 2. The van der Waals surface area contributed by atoms with Gasteiger partial charge in [0.1, 0.15) is 0 Å². The standard InChI is InChI=1S/C19H20N4O4/c24-16(6-8-23-9-7-17(25)22-19(23)27)20-11-4-5-13-12-2-1-3-14(12)18(26)21-15(13)10-11/h4-5,10,13H,1-3,6-9H2,(H,21,26)(H,22,25,27). The minimum atomic E-state index is -0.472. The Morgan fingerprint density at radius 1 is 1.19 bits per heavy atom. The number of allylic oxidation sites excluding steroid dienone is 3. The normalized spacial score (nSPS) is 25.9. The second-order valence-electron chi connectivity index (χ2n) is 7.02. The summed E-state index contributed by atoms with van der Waals surface area (Å²) in [6.45, 7) is 0.522. The molecule has 0 spiro atoms. The predicted octanol–water partition coefficient (Wildman–Crippen LogP) is 0.966. The van der Waals surface area contributed by atoms with Crippen molar-refractivity contribution in [3.8, 4) is 0 Å². The zero-order chi connectivity index (χ0) is 19.0. The summed E-state index contributed by atoms with van der Waals surface area (Å²) in [6.07, 6.45) is 8.61. The highest BCUT2D eigenvalue weighted by molar-refractivity contribution is 6.11. The second-order valence-corrected chi connectivity index (χ2v) is 7.02. The first kappa shape index (κ1) is 17.4. The summed E-state index contributed by atoms with van der Waals surface area (Å²) in [7, 11) is 0. The van der Waals surface area contributed by atoms with Crippen LogP contribution < -0.4 is 10.6 Å². The summed E-state index contributed by atoms with van der Waals surface area (Å²) in [5.74, 6) is -0.621. The summed E-state index contributed by atoms with van der Waals surface area (Å²) >= 11 is 0. The molecule has 0 saturated carbocycles. The lowest BCUT2D eigenvalue weighted by Crippen LogP contribution is -2.49. The van der Waals surface area contributed by atoms with Gasteiger partial charge >= 0.3 is 6.03 Å². The fraction of sp³-hybridized carbons (Fsp3) is 0.421. The first-order valence-electron chi connectivity index (χ1n) is 9.14. The first-order valence-corrected chi connectivity index (χ1v) is 9.14. The molecule has 2 aliphatic heterocycles. The molecule has 0 bridgehead atoms. The molecule has 27 heavy (non-hydrogen) atoms. The van der Waals surface area contributed by atoms with Gasteiger partial charge in [-0.3, -0.25) is 19.7 Å². The van der Waals surface area contributed by atoms with Gasteiger partial charge in [0.25, 0.3) is 5.91 Å². The van der Waals surface area contributed by atoms with Gasteiger partial charge < -0.3 is 10.2 Å². The number of nitrogens with one attached hydrogen (secondary N) is 2. The topological polar surface area (TPSA) is 108 Å². The molecule has 2 heterocycles. The lowest BCUT2D eigenvalue weighted by molar-refractivity contribution is -0.121. The van der Waals surface area contributed by atoms with E-state index >= 15 is 0 Å². The molecule has 2 N–H and O–H groups in total. The fourth-order valence-electron chi connectivity index (χ4n) is 3.90. The maximum absolute atomic E-state index is 12.2. The van der Waals surface area contributed by atoms with Crippen molar-refractivity contribution < 1.29 is 19.2 Å². The molecule has 1 atom stereocenters. The fourth-order valence-corrected chi connectivity index (χ4v) is 3.90. The molecule has 0 aromatic rings. The van der Waals surface area contributed by atoms with Crippen LogP contribution in [0.15, 0.2) is 40.1 Å². The Hall–Kier alpha value is -3.03. The molecule has 8 nitrogen and oxygen atoms in total. The molecular weight excluding hydrogens is 348 g/mol. The SMILES string of the molecule is O=C(CCN1CCC(=O)NC1=O)N=C1C=CC2C(=C1)NC(=O)C1=C2CCC1. The molecule has 1 fully saturated rings. The molecular formula is C19H20N4O4. The van der Waals surface area contributed by atoms with Crippen molar-refractivity contribution >= 4 is 29.5 Å². The van der Waals surface area contributed by atoms with E-state index in [0.29, 0.717) is 12.3 Å². The van der Waals surface area contributed by atoms with E-state index in [2.05, 4.69) is 15.6 Å². The van der Waals surface area contributed by atoms with Crippen molar-refractivity contribution in [2.45, 2.75) is 32.1 Å². The van der Waals surface area contributed by atoms with Gasteiger partial charge in [0, 0.05) is 43.1 Å². The number of carbonyl (C=O) groups is 4. The molecule has 0 radical (unpaired) electrons. The smallest absolute Gasteiger partial charge is 0.324 e. The van der Waals surface area contributed by atoms with Gasteiger partial charge in [-0.15, -0.1) is 0 Å². The Bertz CT molecular complexity index is 865. The molecule has 0 aromatic heterocycles. The quantitative estimate of drug-likeness (QED) is 0.774. The van der Waals surface area contributed by atoms with E-state index in [1.807, 2.05) is 6.08 Å². The van der Waals surface area contributed by atoms with E-state index in [9.17, 15) is 19.2 Å². The highest BCUT2D eigenvalue weighted by Gasteiger charge is 2.34. The zero-order valence-electron chi connectivity index (χ0n) is 14.8. The van der Waals surface area contributed by atoms with Gasteiger partial charge in [0.05, 0.1) is 5.71 Å². The van der Waals surface area contributed by atoms with Crippen LogP contribution in [0.3, 0.4) is 0 Å². The summed E-state index contributed by atoms with van der Waals surface area (Å²) in [5.41, 5.74) is 3.34. The van der Waals surface area contributed by atoms with Crippen molar-refractivity contribution in [3.63, 3.8) is 0 Å². The van der Waals surface area contributed by atoms with Gasteiger partial charge in [-0.25, -0.2) is 9.79 Å². The third kappa shape index (κ3) is 3.47. The van der Waals surface area contributed by atoms with E-state index in [1.54, 1.807) is 12.2 Å². The van der Waals surface area contributed by atoms with Crippen molar-refractivity contribution in [2.75, 3.05) is 13.1 Å². The molecule has 5 amide bonds. The van der Waals surface area contributed by atoms with Crippen molar-refractivity contribution in [1.82, 2.24) is 15.5 Å². The number of carbonyl (C=O) groups excluding carboxylic acids is 4. The van der Waals surface area contributed by atoms with Gasteiger partial charge in [0.15, 0.2) is 0 Å². The molecule has 8 heteroatoms. The van der Waals surface area contributed by atoms with Crippen LogP contribution >= 0.6 is 0 Å². The Balaban J connectivity index is 1.40. The molecule has 140 valence electrons. The van der Waals surface area contributed by atoms with Gasteiger partial charge in [-0.1, -0.05) is 6.08 Å². The van der Waals surface area contributed by atoms with Crippen LogP contribution in [0.4, 0.5) is 4.79 Å². The van der Waals surface area contributed by atoms with Crippen LogP contribution in [-0.2, 0) is 14.4 Å². The molecule has 4 rings (SSSR count). The van der Waals surface area contributed by atoms with Crippen LogP contribution in [-0.4, -0.2) is 47.5 Å². The number of hydrogen-bond acceptors (Lipinski definition) is 4. The number of aliphatic imine (C=N–C) groups is 1. The Labute approximate surface area is 156 Å². The van der Waals surface area contributed by atoms with Crippen molar-refractivity contribution in [2.24, 2.45) is 10.9 Å². The van der Waals surface area contributed by atoms with Crippen LogP contribution in [0.1, 0.15) is 32.1 Å². The van der Waals surface area contributed by atoms with E-state index < -0.39 is 6.03 Å². The molecule has 1 unspecified atom stereocenters. The lowest BCUT2D eigenvalue weighted by atomic mass is 9.85. The van der Waals surface area contributed by atoms with E-state index in [4.69, 9.17) is 0 Å². The zero-order valence-corrected chi connectivity index (χ0v) is 14.8. The number of rotatable bonds is 3. The third-order valence-corrected chi connectivity index (χ3v) is 5.26. The summed E-state index contributed by atoms with van der Waals surface area (Å²) in [6, 6.07) is -0.472. The highest BCUT2D eigenvalue weighted by Crippen LogP contribution is 2.39. The lowest BCUT2D eigenvalue weighted by Gasteiger charge is -2.28. The van der Waals surface area contributed by atoms with Crippen molar-refractivity contribution in [3.05, 3.63) is 35.1 Å². The van der Waals surface area contributed by atoms with Gasteiger partial charge in [-0.2, -0.15) is 0 Å². The van der Waals surface area contributed by atoms with Crippen LogP contribution in [0.5, 0.6) is 0 Å². The van der Waals surface area contributed by atoms with E-state index in [0.717, 1.165) is 30.5 Å². The number of urea groups is 1. The average Bonchev–Trinajstić information content (AvgIpc) is 3.11. The maximum atomic E-state index is 12.2. The highest BCUT2D eigenvalue weighted by atomic mass is 16.2. The van der Waals surface area contributed by atoms with Crippen molar-refractivity contribution in [1.29, 1.82) is 0 Å². The molecule has 4 aliphatic rings. The molecule has 0 aromatic carbocycles. The number of imide groups is 1. The minimum Gasteiger partial charge on any atom is -0.325 e. The summed E-state index contributed by atoms with van der Waals surface area (Å²) in [5, 5.41) is 5.14. The Kier molecular flexibility index (Phi) is 4.47. The molecule has 2 aliphatic carbocycles. The van der Waals surface area contributed by atoms with Crippen LogP contribution in [0.2, 0.25) is 0 Å². The average molecular weight is 368 g/mol. The number of amides is 5. The largest absolute Gasteiger partial charge is 0.325 e. The Morgan fingerprint density at radius 3 is 2.85 bits per heavy atom.